The van der Waals surface area contributed by atoms with Gasteiger partial charge in [-0.25, -0.2) is 4.79 Å². The van der Waals surface area contributed by atoms with Crippen LogP contribution in [0.5, 0.6) is 0 Å². The molecular weight excluding hydrogens is 388 g/mol. The molecule has 0 radical (unpaired) electrons. The maximum Gasteiger partial charge on any atom is 0.419 e. The Labute approximate surface area is 181 Å². The Morgan fingerprint density at radius 1 is 0.839 bits per heavy atom. The molecule has 0 unspecified atom stereocenters. The molecule has 0 saturated heterocycles. The topological polar surface area (TPSA) is 55.5 Å². The number of amides is 1. The van der Waals surface area contributed by atoms with Crippen molar-refractivity contribution in [3.8, 4) is 0 Å². The normalized spacial score (nSPS) is 11.0. The molecule has 158 valence electrons. The molecule has 3 aromatic carbocycles. The highest BCUT2D eigenvalue weighted by atomic mass is 16.4. The summed E-state index contributed by atoms with van der Waals surface area (Å²) in [4.78, 5) is 27.1. The molecule has 1 aromatic heterocycles. The van der Waals surface area contributed by atoms with Crippen LogP contribution in [-0.2, 0) is 24.3 Å². The van der Waals surface area contributed by atoms with E-state index < -0.39 is 0 Å². The molecule has 31 heavy (non-hydrogen) atoms. The van der Waals surface area contributed by atoms with Crippen LogP contribution in [0.3, 0.4) is 0 Å². The smallest absolute Gasteiger partial charge is 0.408 e. The summed E-state index contributed by atoms with van der Waals surface area (Å²) in [6, 6.07) is 27.6. The molecule has 0 aliphatic heterocycles. The molecule has 0 aliphatic rings. The third kappa shape index (κ3) is 5.31. The standard InChI is InChI=1S/C26H26N2O3/c29-25(16-9-18-28-23-14-7-8-15-24(23)31-26(28)30)27(20-22-12-5-2-6-13-22)19-17-21-10-3-1-4-11-21/h1-8,10-15H,9,16-20H2. The molecule has 0 bridgehead atoms. The van der Waals surface area contributed by atoms with Crippen LogP contribution in [0.1, 0.15) is 24.0 Å². The summed E-state index contributed by atoms with van der Waals surface area (Å²) in [5, 5.41) is 0. The van der Waals surface area contributed by atoms with Crippen LogP contribution in [0.25, 0.3) is 11.1 Å². The van der Waals surface area contributed by atoms with E-state index in [1.54, 1.807) is 10.6 Å². The number of carbonyl (C=O) groups excluding carboxylic acids is 1. The molecule has 0 N–H and O–H groups in total. The van der Waals surface area contributed by atoms with Crippen molar-refractivity contribution in [2.24, 2.45) is 0 Å². The van der Waals surface area contributed by atoms with Gasteiger partial charge in [0.25, 0.3) is 0 Å². The van der Waals surface area contributed by atoms with Gasteiger partial charge in [-0.15, -0.1) is 0 Å². The molecule has 4 rings (SSSR count). The van der Waals surface area contributed by atoms with Crippen LogP contribution in [0.4, 0.5) is 0 Å². The number of rotatable bonds is 9. The van der Waals surface area contributed by atoms with Crippen molar-refractivity contribution < 1.29 is 9.21 Å². The van der Waals surface area contributed by atoms with Crippen molar-refractivity contribution in [3.63, 3.8) is 0 Å². The predicted molar refractivity (Wildman–Crippen MR) is 122 cm³/mol. The molecule has 0 saturated carbocycles. The first kappa shape index (κ1) is 20.7. The van der Waals surface area contributed by atoms with E-state index in [2.05, 4.69) is 12.1 Å². The minimum Gasteiger partial charge on any atom is -0.408 e. The molecule has 4 aromatic rings. The number of aryl methyl sites for hydroxylation is 1. The van der Waals surface area contributed by atoms with E-state index in [0.29, 0.717) is 38.1 Å². The average molecular weight is 415 g/mol. The van der Waals surface area contributed by atoms with Crippen molar-refractivity contribution in [1.82, 2.24) is 9.47 Å². The molecular formula is C26H26N2O3. The fourth-order valence-electron chi connectivity index (χ4n) is 3.78. The number of hydrogen-bond donors (Lipinski definition) is 0. The number of carbonyl (C=O) groups is 1. The lowest BCUT2D eigenvalue weighted by molar-refractivity contribution is -0.132. The Morgan fingerprint density at radius 2 is 1.48 bits per heavy atom. The van der Waals surface area contributed by atoms with Gasteiger partial charge in [-0.05, 0) is 36.1 Å². The van der Waals surface area contributed by atoms with Gasteiger partial charge in [0, 0.05) is 26.1 Å². The number of oxazole rings is 1. The van der Waals surface area contributed by atoms with Gasteiger partial charge in [-0.2, -0.15) is 0 Å². The Kier molecular flexibility index (Phi) is 6.62. The van der Waals surface area contributed by atoms with Crippen LogP contribution in [0.2, 0.25) is 0 Å². The highest BCUT2D eigenvalue weighted by molar-refractivity contribution is 5.76. The molecule has 0 spiro atoms. The van der Waals surface area contributed by atoms with Crippen LogP contribution in [-0.4, -0.2) is 21.9 Å². The predicted octanol–water partition coefficient (Wildman–Crippen LogP) is 4.65. The summed E-state index contributed by atoms with van der Waals surface area (Å²) in [6.07, 6.45) is 1.78. The maximum atomic E-state index is 13.1. The second kappa shape index (κ2) is 9.94. The lowest BCUT2D eigenvalue weighted by Crippen LogP contribution is -2.32. The minimum atomic E-state index is -0.376. The molecule has 0 fully saturated rings. The number of nitrogens with zero attached hydrogens (tertiary/aromatic N) is 2. The van der Waals surface area contributed by atoms with E-state index >= 15 is 0 Å². The summed E-state index contributed by atoms with van der Waals surface area (Å²) in [7, 11) is 0. The minimum absolute atomic E-state index is 0.0978. The van der Waals surface area contributed by atoms with Crippen LogP contribution < -0.4 is 5.76 Å². The third-order valence-corrected chi connectivity index (χ3v) is 5.43. The first-order chi connectivity index (χ1) is 15.2. The van der Waals surface area contributed by atoms with Gasteiger partial charge in [0.1, 0.15) is 0 Å². The fraction of sp³-hybridized carbons (Fsp3) is 0.231. The van der Waals surface area contributed by atoms with E-state index in [0.717, 1.165) is 17.5 Å². The van der Waals surface area contributed by atoms with E-state index in [9.17, 15) is 9.59 Å². The highest BCUT2D eigenvalue weighted by Crippen LogP contribution is 2.14. The Morgan fingerprint density at radius 3 is 2.23 bits per heavy atom. The van der Waals surface area contributed by atoms with Crippen molar-refractivity contribution in [2.45, 2.75) is 32.4 Å². The summed E-state index contributed by atoms with van der Waals surface area (Å²) >= 11 is 0. The summed E-state index contributed by atoms with van der Waals surface area (Å²) in [6.45, 7) is 1.70. The van der Waals surface area contributed by atoms with Gasteiger partial charge in [0.15, 0.2) is 5.58 Å². The number of benzene rings is 3. The van der Waals surface area contributed by atoms with Crippen molar-refractivity contribution >= 4 is 17.0 Å². The molecule has 0 aliphatic carbocycles. The van der Waals surface area contributed by atoms with Crippen LogP contribution in [0.15, 0.2) is 94.1 Å². The SMILES string of the molecule is O=C(CCCn1c(=O)oc2ccccc21)N(CCc1ccccc1)Cc1ccccc1. The Bertz CT molecular complexity index is 1180. The lowest BCUT2D eigenvalue weighted by atomic mass is 10.1. The van der Waals surface area contributed by atoms with Crippen molar-refractivity contribution in [3.05, 3.63) is 107 Å². The van der Waals surface area contributed by atoms with Crippen LogP contribution >= 0.6 is 0 Å². The highest BCUT2D eigenvalue weighted by Gasteiger charge is 2.15. The molecule has 1 amide bonds. The van der Waals surface area contributed by atoms with E-state index in [1.165, 1.54) is 5.56 Å². The number of fused-ring (bicyclic) bond motifs is 1. The van der Waals surface area contributed by atoms with Crippen LogP contribution in [0, 0.1) is 0 Å². The zero-order valence-electron chi connectivity index (χ0n) is 17.4. The maximum absolute atomic E-state index is 13.1. The Hall–Kier alpha value is -3.60. The Balaban J connectivity index is 1.40. The van der Waals surface area contributed by atoms with E-state index in [-0.39, 0.29) is 11.7 Å². The van der Waals surface area contributed by atoms with Gasteiger partial charge >= 0.3 is 5.76 Å². The fourth-order valence-corrected chi connectivity index (χ4v) is 3.78. The third-order valence-electron chi connectivity index (χ3n) is 5.43. The second-order valence-corrected chi connectivity index (χ2v) is 7.63. The number of hydrogen-bond acceptors (Lipinski definition) is 3. The number of para-hydroxylation sites is 2. The van der Waals surface area contributed by atoms with Gasteiger partial charge < -0.3 is 9.32 Å². The molecule has 5 nitrogen and oxygen atoms in total. The zero-order valence-corrected chi connectivity index (χ0v) is 17.4. The molecule has 5 heteroatoms. The lowest BCUT2D eigenvalue weighted by Gasteiger charge is -2.23. The molecule has 0 atom stereocenters. The summed E-state index contributed by atoms with van der Waals surface area (Å²) in [5.41, 5.74) is 3.67. The summed E-state index contributed by atoms with van der Waals surface area (Å²) in [5.74, 6) is -0.278. The second-order valence-electron chi connectivity index (χ2n) is 7.63. The molecule has 1 heterocycles. The zero-order chi connectivity index (χ0) is 21.5. The van der Waals surface area contributed by atoms with E-state index in [1.807, 2.05) is 71.6 Å². The quantitative estimate of drug-likeness (QED) is 0.401. The van der Waals surface area contributed by atoms with Gasteiger partial charge in [-0.1, -0.05) is 72.8 Å². The average Bonchev–Trinajstić information content (AvgIpc) is 3.13. The van der Waals surface area contributed by atoms with Gasteiger partial charge in [0.05, 0.1) is 5.52 Å². The van der Waals surface area contributed by atoms with Gasteiger partial charge in [0.2, 0.25) is 5.91 Å². The number of aromatic nitrogens is 1. The largest absolute Gasteiger partial charge is 0.419 e. The van der Waals surface area contributed by atoms with Crippen molar-refractivity contribution in [1.29, 1.82) is 0 Å². The van der Waals surface area contributed by atoms with E-state index in [4.69, 9.17) is 4.42 Å². The first-order valence-corrected chi connectivity index (χ1v) is 10.6. The summed E-state index contributed by atoms with van der Waals surface area (Å²) < 4.78 is 6.89. The van der Waals surface area contributed by atoms with Gasteiger partial charge in [-0.3, -0.25) is 9.36 Å². The monoisotopic (exact) mass is 414 g/mol. The first-order valence-electron chi connectivity index (χ1n) is 10.6. The van der Waals surface area contributed by atoms with Crippen molar-refractivity contribution in [2.75, 3.05) is 6.54 Å².